The van der Waals surface area contributed by atoms with E-state index in [0.29, 0.717) is 11.4 Å². The number of piperidine rings is 1. The lowest BCUT2D eigenvalue weighted by Gasteiger charge is -2.39. The molecule has 1 aliphatic rings. The van der Waals surface area contributed by atoms with E-state index in [-0.39, 0.29) is 6.04 Å². The Morgan fingerprint density at radius 3 is 2.07 bits per heavy atom. The molecule has 3 aromatic rings. The average Bonchev–Trinajstić information content (AvgIpc) is 2.77. The second kappa shape index (κ2) is 8.81. The lowest BCUT2D eigenvalue weighted by molar-refractivity contribution is -0.145. The zero-order valence-electron chi connectivity index (χ0n) is 16.2. The minimum atomic E-state index is -0.746. The first-order chi connectivity index (χ1) is 14.1. The van der Waals surface area contributed by atoms with Gasteiger partial charge in [-0.2, -0.15) is 0 Å². The molecular formula is C25H24ClNO2. The Labute approximate surface area is 176 Å². The monoisotopic (exact) mass is 405 g/mol. The molecule has 0 aromatic heterocycles. The molecule has 3 aromatic carbocycles. The second-order valence-corrected chi connectivity index (χ2v) is 7.97. The summed E-state index contributed by atoms with van der Waals surface area (Å²) in [5.41, 5.74) is 4.48. The first-order valence-corrected chi connectivity index (χ1v) is 10.4. The quantitative estimate of drug-likeness (QED) is 0.562. The number of carbonyl (C=O) groups is 1. The third-order valence-electron chi connectivity index (χ3n) is 5.68. The molecule has 29 heavy (non-hydrogen) atoms. The molecule has 3 nitrogen and oxygen atoms in total. The number of carboxylic acid groups (broad SMARTS) is 1. The van der Waals surface area contributed by atoms with Gasteiger partial charge in [0.2, 0.25) is 0 Å². The first-order valence-electron chi connectivity index (χ1n) is 10.0. The van der Waals surface area contributed by atoms with E-state index >= 15 is 0 Å². The summed E-state index contributed by atoms with van der Waals surface area (Å²) in [6.07, 6.45) is 2.64. The summed E-state index contributed by atoms with van der Waals surface area (Å²) in [5.74, 6) is -0.746. The Morgan fingerprint density at radius 2 is 1.45 bits per heavy atom. The summed E-state index contributed by atoms with van der Waals surface area (Å²) >= 11 is 6.11. The van der Waals surface area contributed by atoms with Crippen molar-refractivity contribution < 1.29 is 9.90 Å². The van der Waals surface area contributed by atoms with E-state index in [1.807, 2.05) is 42.5 Å². The highest BCUT2D eigenvalue weighted by Crippen LogP contribution is 2.35. The maximum absolute atomic E-state index is 12.0. The molecule has 1 saturated heterocycles. The largest absolute Gasteiger partial charge is 0.480 e. The van der Waals surface area contributed by atoms with Crippen LogP contribution in [0.2, 0.25) is 5.02 Å². The Kier molecular flexibility index (Phi) is 5.98. The van der Waals surface area contributed by atoms with Gasteiger partial charge in [0.05, 0.1) is 6.04 Å². The number of benzene rings is 3. The van der Waals surface area contributed by atoms with Crippen molar-refractivity contribution >= 4 is 17.6 Å². The minimum absolute atomic E-state index is 0.113. The third-order valence-corrected chi connectivity index (χ3v) is 5.93. The van der Waals surface area contributed by atoms with Crippen LogP contribution in [0.5, 0.6) is 0 Å². The van der Waals surface area contributed by atoms with Crippen molar-refractivity contribution in [1.82, 2.24) is 4.90 Å². The first kappa shape index (κ1) is 19.7. The van der Waals surface area contributed by atoms with Crippen molar-refractivity contribution in [3.8, 4) is 11.1 Å². The lowest BCUT2D eigenvalue weighted by Crippen LogP contribution is -2.46. The number of carboxylic acids is 1. The summed E-state index contributed by atoms with van der Waals surface area (Å²) in [5, 5.41) is 10.5. The smallest absolute Gasteiger partial charge is 0.320 e. The molecule has 148 valence electrons. The number of halogens is 1. The molecule has 2 unspecified atom stereocenters. The van der Waals surface area contributed by atoms with Crippen molar-refractivity contribution in [3.63, 3.8) is 0 Å². The van der Waals surface area contributed by atoms with Gasteiger partial charge in [-0.3, -0.25) is 9.69 Å². The van der Waals surface area contributed by atoms with Gasteiger partial charge in [0.1, 0.15) is 6.04 Å². The van der Waals surface area contributed by atoms with E-state index in [9.17, 15) is 9.90 Å². The van der Waals surface area contributed by atoms with E-state index in [1.54, 1.807) is 0 Å². The Morgan fingerprint density at radius 1 is 0.862 bits per heavy atom. The number of likely N-dealkylation sites (tertiary alicyclic amines) is 1. The van der Waals surface area contributed by atoms with Gasteiger partial charge in [0.25, 0.3) is 0 Å². The van der Waals surface area contributed by atoms with Gasteiger partial charge in [-0.1, -0.05) is 84.8 Å². The Bertz CT molecular complexity index is 954. The average molecular weight is 406 g/mol. The van der Waals surface area contributed by atoms with Gasteiger partial charge >= 0.3 is 5.97 Å². The molecule has 0 spiro atoms. The highest BCUT2D eigenvalue weighted by atomic mass is 35.5. The molecular weight excluding hydrogens is 382 g/mol. The van der Waals surface area contributed by atoms with Crippen LogP contribution in [0.1, 0.15) is 36.4 Å². The molecule has 0 amide bonds. The summed E-state index contributed by atoms with van der Waals surface area (Å²) < 4.78 is 0. The van der Waals surface area contributed by atoms with E-state index in [0.717, 1.165) is 36.1 Å². The van der Waals surface area contributed by atoms with Gasteiger partial charge in [-0.25, -0.2) is 0 Å². The van der Waals surface area contributed by atoms with E-state index in [1.165, 1.54) is 5.56 Å². The zero-order chi connectivity index (χ0) is 20.2. The van der Waals surface area contributed by atoms with Gasteiger partial charge in [-0.05, 0) is 53.8 Å². The van der Waals surface area contributed by atoms with Crippen molar-refractivity contribution in [3.05, 3.63) is 95.0 Å². The fraction of sp³-hybridized carbons (Fsp3) is 0.240. The number of hydrogen-bond donors (Lipinski definition) is 1. The second-order valence-electron chi connectivity index (χ2n) is 7.53. The maximum atomic E-state index is 12.0. The van der Waals surface area contributed by atoms with Crippen LogP contribution >= 0.6 is 11.6 Å². The van der Waals surface area contributed by atoms with Crippen LogP contribution in [0, 0.1) is 0 Å². The standard InChI is InChI=1S/C25H24ClNO2/c26-22-15-13-21(14-16-22)24(27-17-5-4-8-23(27)25(28)29)20-11-9-19(10-12-20)18-6-2-1-3-7-18/h1-3,6-7,9-16,23-24H,4-5,8,17H2,(H,28,29). The molecule has 0 bridgehead atoms. The van der Waals surface area contributed by atoms with Crippen LogP contribution in [0.3, 0.4) is 0 Å². The van der Waals surface area contributed by atoms with Crippen molar-refractivity contribution in [1.29, 1.82) is 0 Å². The van der Waals surface area contributed by atoms with Crippen LogP contribution in [-0.4, -0.2) is 28.6 Å². The predicted molar refractivity (Wildman–Crippen MR) is 117 cm³/mol. The van der Waals surface area contributed by atoms with Gasteiger partial charge < -0.3 is 5.11 Å². The fourth-order valence-corrected chi connectivity index (χ4v) is 4.36. The molecule has 2 atom stereocenters. The highest BCUT2D eigenvalue weighted by Gasteiger charge is 2.35. The van der Waals surface area contributed by atoms with Crippen molar-refractivity contribution in [2.45, 2.75) is 31.3 Å². The molecule has 0 radical (unpaired) electrons. The highest BCUT2D eigenvalue weighted by molar-refractivity contribution is 6.30. The molecule has 1 aliphatic heterocycles. The number of rotatable bonds is 5. The Hall–Kier alpha value is -2.62. The Balaban J connectivity index is 1.74. The predicted octanol–water partition coefficient (Wildman–Crippen LogP) is 6.04. The van der Waals surface area contributed by atoms with Gasteiger partial charge in [0, 0.05) is 5.02 Å². The summed E-state index contributed by atoms with van der Waals surface area (Å²) in [4.78, 5) is 14.1. The number of hydrogen-bond acceptors (Lipinski definition) is 2. The summed E-state index contributed by atoms with van der Waals surface area (Å²) in [6.45, 7) is 0.769. The van der Waals surface area contributed by atoms with Crippen LogP contribution in [-0.2, 0) is 4.79 Å². The van der Waals surface area contributed by atoms with Gasteiger partial charge in [-0.15, -0.1) is 0 Å². The summed E-state index contributed by atoms with van der Waals surface area (Å²) in [7, 11) is 0. The van der Waals surface area contributed by atoms with Crippen molar-refractivity contribution in [2.75, 3.05) is 6.54 Å². The SMILES string of the molecule is O=C(O)C1CCCCN1C(c1ccc(Cl)cc1)c1ccc(-c2ccccc2)cc1. The van der Waals surface area contributed by atoms with Crippen LogP contribution in [0.25, 0.3) is 11.1 Å². The number of aliphatic carboxylic acids is 1. The summed E-state index contributed by atoms with van der Waals surface area (Å²) in [6, 6.07) is 25.9. The van der Waals surface area contributed by atoms with Crippen LogP contribution < -0.4 is 0 Å². The molecule has 1 heterocycles. The molecule has 4 heteroatoms. The maximum Gasteiger partial charge on any atom is 0.320 e. The van der Waals surface area contributed by atoms with Crippen LogP contribution in [0.15, 0.2) is 78.9 Å². The lowest BCUT2D eigenvalue weighted by atomic mass is 9.91. The zero-order valence-corrected chi connectivity index (χ0v) is 16.9. The molecule has 4 rings (SSSR count). The molecule has 1 N–H and O–H groups in total. The minimum Gasteiger partial charge on any atom is -0.480 e. The number of nitrogens with zero attached hydrogens (tertiary/aromatic N) is 1. The van der Waals surface area contributed by atoms with E-state index in [2.05, 4.69) is 41.3 Å². The third kappa shape index (κ3) is 4.36. The molecule has 1 fully saturated rings. The fourth-order valence-electron chi connectivity index (χ4n) is 4.24. The van der Waals surface area contributed by atoms with Crippen LogP contribution in [0.4, 0.5) is 0 Å². The molecule has 0 saturated carbocycles. The normalized spacial score (nSPS) is 18.3. The molecule has 0 aliphatic carbocycles. The topological polar surface area (TPSA) is 40.5 Å². The van der Waals surface area contributed by atoms with Gasteiger partial charge in [0.15, 0.2) is 0 Å². The van der Waals surface area contributed by atoms with E-state index < -0.39 is 12.0 Å². The van der Waals surface area contributed by atoms with Crippen molar-refractivity contribution in [2.24, 2.45) is 0 Å². The van der Waals surface area contributed by atoms with E-state index in [4.69, 9.17) is 11.6 Å².